The molecule has 0 saturated heterocycles. The van der Waals surface area contributed by atoms with Crippen LogP contribution in [-0.2, 0) is 17.8 Å². The summed E-state index contributed by atoms with van der Waals surface area (Å²) in [5, 5.41) is 19.7. The van der Waals surface area contributed by atoms with Crippen molar-refractivity contribution in [3.8, 4) is 0 Å². The molecule has 0 unspecified atom stereocenters. The lowest BCUT2D eigenvalue weighted by Gasteiger charge is -2.03. The summed E-state index contributed by atoms with van der Waals surface area (Å²) in [5.74, 6) is -0.827. The highest BCUT2D eigenvalue weighted by Crippen LogP contribution is 2.18. The number of hydrogen-bond donors (Lipinski definition) is 2. The molecule has 2 N–H and O–H groups in total. The van der Waals surface area contributed by atoms with Gasteiger partial charge in [-0.2, -0.15) is 0 Å². The largest absolute Gasteiger partial charge is 0.481 e. The molecule has 0 atom stereocenters. The van der Waals surface area contributed by atoms with Crippen LogP contribution in [0.4, 0.5) is 0 Å². The van der Waals surface area contributed by atoms with Gasteiger partial charge < -0.3 is 10.2 Å². The van der Waals surface area contributed by atoms with Crippen LogP contribution in [-0.4, -0.2) is 16.2 Å². The third-order valence-corrected chi connectivity index (χ3v) is 2.51. The van der Waals surface area contributed by atoms with Crippen LogP contribution in [0.1, 0.15) is 11.1 Å². The summed E-state index contributed by atoms with van der Waals surface area (Å²) in [7, 11) is 0. The first-order valence-corrected chi connectivity index (χ1v) is 5.03. The van der Waals surface area contributed by atoms with Crippen LogP contribution in [0.25, 0.3) is 10.8 Å². The monoisotopic (exact) mass is 216 g/mol. The van der Waals surface area contributed by atoms with E-state index in [1.165, 1.54) is 0 Å². The molecule has 16 heavy (non-hydrogen) atoms. The highest BCUT2D eigenvalue weighted by atomic mass is 16.4. The van der Waals surface area contributed by atoms with Gasteiger partial charge in [0, 0.05) is 0 Å². The quantitative estimate of drug-likeness (QED) is 0.824. The van der Waals surface area contributed by atoms with E-state index < -0.39 is 5.97 Å². The number of rotatable bonds is 3. The third-order valence-electron chi connectivity index (χ3n) is 2.51. The van der Waals surface area contributed by atoms with Gasteiger partial charge in [0.15, 0.2) is 0 Å². The Morgan fingerprint density at radius 1 is 1.00 bits per heavy atom. The van der Waals surface area contributed by atoms with Gasteiger partial charge in [0.1, 0.15) is 0 Å². The Balaban J connectivity index is 2.43. The number of carbonyl (C=O) groups is 1. The molecular weight excluding hydrogens is 204 g/mol. The lowest BCUT2D eigenvalue weighted by molar-refractivity contribution is -0.136. The molecule has 0 heterocycles. The Labute approximate surface area is 93.0 Å². The Morgan fingerprint density at radius 3 is 2.12 bits per heavy atom. The van der Waals surface area contributed by atoms with Crippen LogP contribution < -0.4 is 0 Å². The fourth-order valence-corrected chi connectivity index (χ4v) is 1.73. The zero-order chi connectivity index (χ0) is 11.5. The molecule has 0 amide bonds. The second kappa shape index (κ2) is 4.33. The van der Waals surface area contributed by atoms with Gasteiger partial charge in [-0.15, -0.1) is 0 Å². The minimum Gasteiger partial charge on any atom is -0.481 e. The van der Waals surface area contributed by atoms with Crippen molar-refractivity contribution in [3.05, 3.63) is 47.5 Å². The fourth-order valence-electron chi connectivity index (χ4n) is 1.73. The Morgan fingerprint density at radius 2 is 1.56 bits per heavy atom. The highest BCUT2D eigenvalue weighted by molar-refractivity contribution is 5.84. The first kappa shape index (κ1) is 10.6. The van der Waals surface area contributed by atoms with Gasteiger partial charge in [-0.25, -0.2) is 0 Å². The number of aliphatic hydroxyl groups excluding tert-OH is 1. The molecule has 0 bridgehead atoms. The average molecular weight is 216 g/mol. The van der Waals surface area contributed by atoms with Gasteiger partial charge in [-0.1, -0.05) is 30.3 Å². The van der Waals surface area contributed by atoms with Gasteiger partial charge in [0.25, 0.3) is 0 Å². The number of aliphatic hydroxyl groups is 1. The molecule has 0 aliphatic carbocycles. The van der Waals surface area contributed by atoms with E-state index in [4.69, 9.17) is 10.2 Å². The van der Waals surface area contributed by atoms with Crippen LogP contribution in [0.15, 0.2) is 36.4 Å². The van der Waals surface area contributed by atoms with Crippen LogP contribution in [0.5, 0.6) is 0 Å². The summed E-state index contributed by atoms with van der Waals surface area (Å²) in [4.78, 5) is 10.6. The molecule has 2 rings (SSSR count). The number of fused-ring (bicyclic) bond motifs is 1. The van der Waals surface area contributed by atoms with Crippen LogP contribution in [0.3, 0.4) is 0 Å². The molecule has 0 saturated carbocycles. The first-order valence-electron chi connectivity index (χ1n) is 5.03. The summed E-state index contributed by atoms with van der Waals surface area (Å²) in [6.45, 7) is 0.0207. The minimum absolute atomic E-state index is 0.0207. The maximum Gasteiger partial charge on any atom is 0.307 e. The molecule has 0 aliphatic heterocycles. The number of carboxylic acid groups (broad SMARTS) is 1. The van der Waals surface area contributed by atoms with Crippen molar-refractivity contribution >= 4 is 16.7 Å². The van der Waals surface area contributed by atoms with E-state index in [9.17, 15) is 4.79 Å². The number of benzene rings is 2. The molecule has 0 spiro atoms. The Bertz CT molecular complexity index is 532. The van der Waals surface area contributed by atoms with Crippen LogP contribution in [0.2, 0.25) is 0 Å². The van der Waals surface area contributed by atoms with Gasteiger partial charge in [0.05, 0.1) is 13.0 Å². The Hall–Kier alpha value is -1.87. The van der Waals surface area contributed by atoms with E-state index in [0.717, 1.165) is 21.9 Å². The van der Waals surface area contributed by atoms with Crippen molar-refractivity contribution in [2.75, 3.05) is 0 Å². The summed E-state index contributed by atoms with van der Waals surface area (Å²) in [5.41, 5.74) is 1.65. The summed E-state index contributed by atoms with van der Waals surface area (Å²) < 4.78 is 0. The van der Waals surface area contributed by atoms with Crippen molar-refractivity contribution in [2.45, 2.75) is 13.0 Å². The average Bonchev–Trinajstić information content (AvgIpc) is 2.27. The molecule has 2 aromatic rings. The van der Waals surface area contributed by atoms with Gasteiger partial charge in [-0.05, 0) is 28.0 Å². The minimum atomic E-state index is -0.827. The van der Waals surface area contributed by atoms with E-state index in [1.54, 1.807) is 6.07 Å². The van der Waals surface area contributed by atoms with E-state index >= 15 is 0 Å². The number of carboxylic acids is 1. The standard InChI is InChI=1S/C13H12O3/c14-8-10-2-4-11-5-9(7-13(15)16)1-3-12(11)6-10/h1-6,14H,7-8H2,(H,15,16). The van der Waals surface area contributed by atoms with Crippen molar-refractivity contribution < 1.29 is 15.0 Å². The maximum atomic E-state index is 10.6. The lowest BCUT2D eigenvalue weighted by Crippen LogP contribution is -1.99. The topological polar surface area (TPSA) is 57.5 Å². The zero-order valence-electron chi connectivity index (χ0n) is 8.68. The summed E-state index contributed by atoms with van der Waals surface area (Å²) in [6.07, 6.45) is 0.0394. The molecule has 82 valence electrons. The van der Waals surface area contributed by atoms with Crippen LogP contribution >= 0.6 is 0 Å². The molecule has 3 heteroatoms. The third kappa shape index (κ3) is 2.20. The van der Waals surface area contributed by atoms with E-state index in [-0.39, 0.29) is 13.0 Å². The molecule has 0 fully saturated rings. The summed E-state index contributed by atoms with van der Waals surface area (Å²) >= 11 is 0. The zero-order valence-corrected chi connectivity index (χ0v) is 8.68. The first-order chi connectivity index (χ1) is 7.69. The van der Waals surface area contributed by atoms with Gasteiger partial charge in [0.2, 0.25) is 0 Å². The van der Waals surface area contributed by atoms with Crippen molar-refractivity contribution in [1.29, 1.82) is 0 Å². The SMILES string of the molecule is O=C(O)Cc1ccc2cc(CO)ccc2c1. The van der Waals surface area contributed by atoms with E-state index in [0.29, 0.717) is 0 Å². The molecule has 3 nitrogen and oxygen atoms in total. The highest BCUT2D eigenvalue weighted by Gasteiger charge is 2.02. The Kier molecular flexibility index (Phi) is 2.88. The lowest BCUT2D eigenvalue weighted by atomic mass is 10.0. The van der Waals surface area contributed by atoms with E-state index in [2.05, 4.69) is 0 Å². The van der Waals surface area contributed by atoms with E-state index in [1.807, 2.05) is 30.3 Å². The molecule has 0 radical (unpaired) electrons. The van der Waals surface area contributed by atoms with Gasteiger partial charge >= 0.3 is 5.97 Å². The smallest absolute Gasteiger partial charge is 0.307 e. The predicted octanol–water partition coefficient (Wildman–Crippen LogP) is 1.96. The molecule has 2 aromatic carbocycles. The van der Waals surface area contributed by atoms with Crippen molar-refractivity contribution in [1.82, 2.24) is 0 Å². The number of hydrogen-bond acceptors (Lipinski definition) is 2. The molecule has 0 aromatic heterocycles. The maximum absolute atomic E-state index is 10.6. The van der Waals surface area contributed by atoms with Crippen molar-refractivity contribution in [2.24, 2.45) is 0 Å². The van der Waals surface area contributed by atoms with Gasteiger partial charge in [-0.3, -0.25) is 4.79 Å². The second-order valence-corrected chi connectivity index (χ2v) is 3.74. The predicted molar refractivity (Wildman–Crippen MR) is 61.2 cm³/mol. The molecular formula is C13H12O3. The molecule has 0 aliphatic rings. The fraction of sp³-hybridized carbons (Fsp3) is 0.154. The second-order valence-electron chi connectivity index (χ2n) is 3.74. The van der Waals surface area contributed by atoms with Crippen molar-refractivity contribution in [3.63, 3.8) is 0 Å². The summed E-state index contributed by atoms with van der Waals surface area (Å²) in [6, 6.07) is 11.2. The number of aliphatic carboxylic acids is 1. The van der Waals surface area contributed by atoms with Crippen LogP contribution in [0, 0.1) is 0 Å². The normalized spacial score (nSPS) is 10.6.